The van der Waals surface area contributed by atoms with Gasteiger partial charge < -0.3 is 9.47 Å². The van der Waals surface area contributed by atoms with Crippen LogP contribution in [0.4, 0.5) is 0 Å². The maximum Gasteiger partial charge on any atom is 0.119 e. The molecule has 0 saturated heterocycles. The molecule has 0 saturated carbocycles. The molecule has 0 radical (unpaired) electrons. The van der Waals surface area contributed by atoms with Gasteiger partial charge in [0.15, 0.2) is 0 Å². The lowest BCUT2D eigenvalue weighted by molar-refractivity contribution is 0.0980. The lowest BCUT2D eigenvalue weighted by atomic mass is 9.93. The summed E-state index contributed by atoms with van der Waals surface area (Å²) in [6.45, 7) is 8.07. The molecule has 0 aliphatic rings. The highest BCUT2D eigenvalue weighted by Gasteiger charge is 2.11. The Hall–Kier alpha value is -2.82. The quantitative estimate of drug-likeness (QED) is 0.636. The standard InChI is InChI=1S/C22H24N2O2/c1-4-5-8-25-9-10-26-21-11-16(2)22(17(3)12-21)18-6-7-19(14-23)20(13-18)15-24/h6-7,11-13H,4-5,8-10H2,1-3H3. The molecule has 0 heterocycles. The second-order valence-corrected chi connectivity index (χ2v) is 6.23. The number of benzene rings is 2. The number of unbranched alkanes of at least 4 members (excludes halogenated alkanes) is 1. The lowest BCUT2D eigenvalue weighted by Gasteiger charge is -2.14. The smallest absolute Gasteiger partial charge is 0.119 e. The molecule has 0 spiro atoms. The molecule has 4 nitrogen and oxygen atoms in total. The number of nitrogens with zero attached hydrogens (tertiary/aromatic N) is 2. The van der Waals surface area contributed by atoms with Gasteiger partial charge in [-0.15, -0.1) is 0 Å². The third kappa shape index (κ3) is 4.85. The number of hydrogen-bond acceptors (Lipinski definition) is 4. The van der Waals surface area contributed by atoms with Gasteiger partial charge in [-0.3, -0.25) is 0 Å². The molecule has 2 rings (SSSR count). The highest BCUT2D eigenvalue weighted by molar-refractivity contribution is 5.74. The van der Waals surface area contributed by atoms with Crippen LogP contribution in [0.15, 0.2) is 30.3 Å². The van der Waals surface area contributed by atoms with Gasteiger partial charge >= 0.3 is 0 Å². The van der Waals surface area contributed by atoms with E-state index in [1.807, 2.05) is 32.0 Å². The number of hydrogen-bond donors (Lipinski definition) is 0. The molecular weight excluding hydrogens is 324 g/mol. The van der Waals surface area contributed by atoms with Gasteiger partial charge in [-0.1, -0.05) is 19.4 Å². The van der Waals surface area contributed by atoms with E-state index in [0.29, 0.717) is 24.3 Å². The average Bonchev–Trinajstić information content (AvgIpc) is 2.63. The Morgan fingerprint density at radius 1 is 0.885 bits per heavy atom. The van der Waals surface area contributed by atoms with Crippen LogP contribution in [0.25, 0.3) is 11.1 Å². The van der Waals surface area contributed by atoms with Crippen LogP contribution in [0.2, 0.25) is 0 Å². The van der Waals surface area contributed by atoms with E-state index >= 15 is 0 Å². The molecule has 0 N–H and O–H groups in total. The number of nitriles is 2. The summed E-state index contributed by atoms with van der Waals surface area (Å²) in [5.74, 6) is 0.817. The van der Waals surface area contributed by atoms with Gasteiger partial charge in [0.05, 0.1) is 17.7 Å². The molecule has 0 aliphatic carbocycles. The molecule has 2 aromatic carbocycles. The SMILES string of the molecule is CCCCOCCOc1cc(C)c(-c2ccc(C#N)c(C#N)c2)c(C)c1. The molecular formula is C22H24N2O2. The van der Waals surface area contributed by atoms with Crippen molar-refractivity contribution in [2.45, 2.75) is 33.6 Å². The van der Waals surface area contributed by atoms with Crippen molar-refractivity contribution >= 4 is 0 Å². The van der Waals surface area contributed by atoms with Crippen LogP contribution in [0.3, 0.4) is 0 Å². The molecule has 0 bridgehead atoms. The maximum absolute atomic E-state index is 9.25. The molecule has 0 aromatic heterocycles. The van der Waals surface area contributed by atoms with E-state index < -0.39 is 0 Å². The van der Waals surface area contributed by atoms with E-state index in [4.69, 9.17) is 14.7 Å². The Bertz CT molecular complexity index is 821. The van der Waals surface area contributed by atoms with Gasteiger partial charge in [0.2, 0.25) is 0 Å². The third-order valence-electron chi connectivity index (χ3n) is 4.19. The fourth-order valence-electron chi connectivity index (χ4n) is 2.92. The molecule has 26 heavy (non-hydrogen) atoms. The Kier molecular flexibility index (Phi) is 7.21. The summed E-state index contributed by atoms with van der Waals surface area (Å²) in [5.41, 5.74) is 4.94. The summed E-state index contributed by atoms with van der Waals surface area (Å²) in [6, 6.07) is 13.5. The first-order valence-electron chi connectivity index (χ1n) is 8.87. The van der Waals surface area contributed by atoms with Crippen LogP contribution >= 0.6 is 0 Å². The van der Waals surface area contributed by atoms with Gasteiger partial charge in [-0.25, -0.2) is 0 Å². The Morgan fingerprint density at radius 2 is 1.58 bits per heavy atom. The van der Waals surface area contributed by atoms with E-state index in [1.165, 1.54) is 0 Å². The fourth-order valence-corrected chi connectivity index (χ4v) is 2.92. The summed E-state index contributed by atoms with van der Waals surface area (Å²) >= 11 is 0. The van der Waals surface area contributed by atoms with Crippen molar-refractivity contribution in [1.29, 1.82) is 10.5 Å². The van der Waals surface area contributed by atoms with Crippen LogP contribution in [-0.4, -0.2) is 19.8 Å². The van der Waals surface area contributed by atoms with E-state index in [1.54, 1.807) is 12.1 Å². The van der Waals surface area contributed by atoms with Crippen molar-refractivity contribution in [2.75, 3.05) is 19.8 Å². The van der Waals surface area contributed by atoms with Crippen LogP contribution in [0.5, 0.6) is 5.75 Å². The predicted molar refractivity (Wildman–Crippen MR) is 102 cm³/mol. The van der Waals surface area contributed by atoms with Crippen LogP contribution < -0.4 is 4.74 Å². The van der Waals surface area contributed by atoms with Crippen LogP contribution in [-0.2, 0) is 4.74 Å². The van der Waals surface area contributed by atoms with Crippen molar-refractivity contribution in [3.8, 4) is 29.0 Å². The minimum absolute atomic E-state index is 0.397. The molecule has 0 fully saturated rings. The molecule has 4 heteroatoms. The van der Waals surface area contributed by atoms with Gasteiger partial charge in [0.1, 0.15) is 24.5 Å². The molecule has 0 atom stereocenters. The topological polar surface area (TPSA) is 66.0 Å². The monoisotopic (exact) mass is 348 g/mol. The van der Waals surface area contributed by atoms with E-state index in [0.717, 1.165) is 47.5 Å². The van der Waals surface area contributed by atoms with Gasteiger partial charge in [0, 0.05) is 6.61 Å². The van der Waals surface area contributed by atoms with Crippen molar-refractivity contribution < 1.29 is 9.47 Å². The Morgan fingerprint density at radius 3 is 2.19 bits per heavy atom. The second-order valence-electron chi connectivity index (χ2n) is 6.23. The minimum Gasteiger partial charge on any atom is -0.491 e. The summed E-state index contributed by atoms with van der Waals surface area (Å²) in [4.78, 5) is 0. The zero-order valence-electron chi connectivity index (χ0n) is 15.6. The number of rotatable bonds is 8. The van der Waals surface area contributed by atoms with Gasteiger partial charge in [-0.2, -0.15) is 10.5 Å². The molecule has 0 unspecified atom stereocenters. The molecule has 0 aliphatic heterocycles. The van der Waals surface area contributed by atoms with Crippen LogP contribution in [0.1, 0.15) is 42.0 Å². The largest absolute Gasteiger partial charge is 0.491 e. The third-order valence-corrected chi connectivity index (χ3v) is 4.19. The summed E-state index contributed by atoms with van der Waals surface area (Å²) in [7, 11) is 0. The first-order valence-corrected chi connectivity index (χ1v) is 8.87. The first-order chi connectivity index (χ1) is 12.6. The predicted octanol–water partition coefficient (Wildman–Crippen LogP) is 4.91. The van der Waals surface area contributed by atoms with Crippen LogP contribution in [0, 0.1) is 36.5 Å². The van der Waals surface area contributed by atoms with Gasteiger partial charge in [0.25, 0.3) is 0 Å². The second kappa shape index (κ2) is 9.61. The summed E-state index contributed by atoms with van der Waals surface area (Å²) < 4.78 is 11.3. The lowest BCUT2D eigenvalue weighted by Crippen LogP contribution is -2.07. The summed E-state index contributed by atoms with van der Waals surface area (Å²) in [6.07, 6.45) is 2.20. The average molecular weight is 348 g/mol. The van der Waals surface area contributed by atoms with Crippen molar-refractivity contribution in [3.05, 3.63) is 52.6 Å². The fraction of sp³-hybridized carbons (Fsp3) is 0.364. The summed E-state index contributed by atoms with van der Waals surface area (Å²) in [5, 5.41) is 18.3. The number of aryl methyl sites for hydroxylation is 2. The zero-order valence-corrected chi connectivity index (χ0v) is 15.6. The highest BCUT2D eigenvalue weighted by Crippen LogP contribution is 2.32. The van der Waals surface area contributed by atoms with Gasteiger partial charge in [-0.05, 0) is 66.8 Å². The number of ether oxygens (including phenoxy) is 2. The normalized spacial score (nSPS) is 10.2. The van der Waals surface area contributed by atoms with E-state index in [-0.39, 0.29) is 0 Å². The van der Waals surface area contributed by atoms with Crippen molar-refractivity contribution in [3.63, 3.8) is 0 Å². The highest BCUT2D eigenvalue weighted by atomic mass is 16.5. The van der Waals surface area contributed by atoms with E-state index in [9.17, 15) is 5.26 Å². The molecule has 2 aromatic rings. The maximum atomic E-state index is 9.25. The minimum atomic E-state index is 0.397. The first kappa shape index (κ1) is 19.5. The van der Waals surface area contributed by atoms with Crippen molar-refractivity contribution in [2.24, 2.45) is 0 Å². The zero-order chi connectivity index (χ0) is 18.9. The Labute approximate surface area is 155 Å². The van der Waals surface area contributed by atoms with Crippen molar-refractivity contribution in [1.82, 2.24) is 0 Å². The molecule has 134 valence electrons. The van der Waals surface area contributed by atoms with E-state index in [2.05, 4.69) is 19.1 Å². The Balaban J connectivity index is 2.15. The molecule has 0 amide bonds.